The topological polar surface area (TPSA) is 78.5 Å². The summed E-state index contributed by atoms with van der Waals surface area (Å²) in [6, 6.07) is 4.25. The lowest BCUT2D eigenvalue weighted by Gasteiger charge is -2.17. The summed E-state index contributed by atoms with van der Waals surface area (Å²) in [6.07, 6.45) is 0. The third-order valence-electron chi connectivity index (χ3n) is 3.77. The Morgan fingerprint density at radius 2 is 1.87 bits per heavy atom. The van der Waals surface area contributed by atoms with Crippen LogP contribution < -0.4 is 10.6 Å². The fourth-order valence-corrected chi connectivity index (χ4v) is 2.41. The molecule has 0 spiro atoms. The van der Waals surface area contributed by atoms with Gasteiger partial charge in [-0.3, -0.25) is 14.5 Å². The van der Waals surface area contributed by atoms with Gasteiger partial charge >= 0.3 is 6.03 Å². The minimum Gasteiger partial charge on any atom is -0.348 e. The highest BCUT2D eigenvalue weighted by molar-refractivity contribution is 6.06. The normalized spacial score (nSPS) is 19.0. The second-order valence-electron chi connectivity index (χ2n) is 5.94. The molecular weight excluding hydrogens is 301 g/mol. The Morgan fingerprint density at radius 3 is 2.39 bits per heavy atom. The number of nitrogens with one attached hydrogen (secondary N) is 2. The third kappa shape index (κ3) is 3.85. The molecule has 0 saturated carbocycles. The van der Waals surface area contributed by atoms with Crippen LogP contribution in [0.5, 0.6) is 0 Å². The SMILES string of the molecule is CC(NC(=O)CN1C(=O)NC(C(C)C)C1=O)c1ccc(F)cc1. The standard InChI is InChI=1S/C16H20FN3O3/c1-9(2)14-15(22)20(16(23)19-14)8-13(21)18-10(3)11-4-6-12(17)7-5-11/h4-7,9-10,14H,8H2,1-3H3,(H,18,21)(H,19,23). The number of carbonyl (C=O) groups excluding carboxylic acids is 3. The van der Waals surface area contributed by atoms with Crippen LogP contribution in [0.1, 0.15) is 32.4 Å². The highest BCUT2D eigenvalue weighted by Crippen LogP contribution is 2.15. The summed E-state index contributed by atoms with van der Waals surface area (Å²) in [5.41, 5.74) is 0.733. The van der Waals surface area contributed by atoms with Crippen molar-refractivity contribution in [2.75, 3.05) is 6.54 Å². The van der Waals surface area contributed by atoms with Gasteiger partial charge in [-0.25, -0.2) is 9.18 Å². The maximum absolute atomic E-state index is 12.9. The van der Waals surface area contributed by atoms with Gasteiger partial charge in [-0.15, -0.1) is 0 Å². The number of hydrogen-bond donors (Lipinski definition) is 2. The van der Waals surface area contributed by atoms with Gasteiger partial charge in [0.1, 0.15) is 18.4 Å². The molecule has 1 saturated heterocycles. The predicted molar refractivity (Wildman–Crippen MR) is 81.8 cm³/mol. The third-order valence-corrected chi connectivity index (χ3v) is 3.77. The Balaban J connectivity index is 1.95. The van der Waals surface area contributed by atoms with E-state index in [0.29, 0.717) is 0 Å². The second kappa shape index (κ2) is 6.76. The molecule has 7 heteroatoms. The summed E-state index contributed by atoms with van der Waals surface area (Å²) >= 11 is 0. The molecule has 2 unspecified atom stereocenters. The molecule has 1 aromatic carbocycles. The first kappa shape index (κ1) is 16.9. The first-order chi connectivity index (χ1) is 10.8. The number of amides is 4. The van der Waals surface area contributed by atoms with E-state index < -0.39 is 23.9 Å². The summed E-state index contributed by atoms with van der Waals surface area (Å²) in [7, 11) is 0. The van der Waals surface area contributed by atoms with E-state index in [2.05, 4.69) is 10.6 Å². The van der Waals surface area contributed by atoms with Crippen LogP contribution in [-0.2, 0) is 9.59 Å². The van der Waals surface area contributed by atoms with Gasteiger partial charge in [-0.05, 0) is 30.5 Å². The summed E-state index contributed by atoms with van der Waals surface area (Å²) in [5.74, 6) is -1.24. The van der Waals surface area contributed by atoms with E-state index in [0.717, 1.165) is 10.5 Å². The molecule has 1 heterocycles. The van der Waals surface area contributed by atoms with Crippen LogP contribution in [0.25, 0.3) is 0 Å². The van der Waals surface area contributed by atoms with Crippen molar-refractivity contribution in [3.8, 4) is 0 Å². The average molecular weight is 321 g/mol. The van der Waals surface area contributed by atoms with E-state index in [1.807, 2.05) is 13.8 Å². The average Bonchev–Trinajstić information content (AvgIpc) is 2.76. The van der Waals surface area contributed by atoms with Gasteiger partial charge in [-0.2, -0.15) is 0 Å². The van der Waals surface area contributed by atoms with E-state index in [9.17, 15) is 18.8 Å². The second-order valence-corrected chi connectivity index (χ2v) is 5.94. The van der Waals surface area contributed by atoms with Gasteiger partial charge < -0.3 is 10.6 Å². The lowest BCUT2D eigenvalue weighted by molar-refractivity contribution is -0.133. The van der Waals surface area contributed by atoms with Crippen LogP contribution in [0.3, 0.4) is 0 Å². The molecule has 2 N–H and O–H groups in total. The quantitative estimate of drug-likeness (QED) is 0.808. The van der Waals surface area contributed by atoms with Crippen LogP contribution in [0.2, 0.25) is 0 Å². The monoisotopic (exact) mass is 321 g/mol. The van der Waals surface area contributed by atoms with E-state index in [1.165, 1.54) is 12.1 Å². The van der Waals surface area contributed by atoms with Gasteiger partial charge in [-0.1, -0.05) is 26.0 Å². The highest BCUT2D eigenvalue weighted by atomic mass is 19.1. The molecule has 23 heavy (non-hydrogen) atoms. The molecular formula is C16H20FN3O3. The molecule has 0 aromatic heterocycles. The maximum Gasteiger partial charge on any atom is 0.325 e. The van der Waals surface area contributed by atoms with Gasteiger partial charge in [0.2, 0.25) is 5.91 Å². The van der Waals surface area contributed by atoms with Crippen LogP contribution >= 0.6 is 0 Å². The lowest BCUT2D eigenvalue weighted by atomic mass is 10.1. The predicted octanol–water partition coefficient (Wildman–Crippen LogP) is 1.58. The number of benzene rings is 1. The number of hydrogen-bond acceptors (Lipinski definition) is 3. The molecule has 0 bridgehead atoms. The lowest BCUT2D eigenvalue weighted by Crippen LogP contribution is -2.42. The number of nitrogens with zero attached hydrogens (tertiary/aromatic N) is 1. The molecule has 6 nitrogen and oxygen atoms in total. The first-order valence-corrected chi connectivity index (χ1v) is 7.46. The summed E-state index contributed by atoms with van der Waals surface area (Å²) in [6.45, 7) is 5.05. The highest BCUT2D eigenvalue weighted by Gasteiger charge is 2.40. The fourth-order valence-electron chi connectivity index (χ4n) is 2.41. The van der Waals surface area contributed by atoms with Crippen molar-refractivity contribution in [1.29, 1.82) is 0 Å². The Labute approximate surface area is 134 Å². The van der Waals surface area contributed by atoms with E-state index in [-0.39, 0.29) is 24.3 Å². The Morgan fingerprint density at radius 1 is 1.26 bits per heavy atom. The molecule has 1 aliphatic rings. The van der Waals surface area contributed by atoms with Crippen LogP contribution in [-0.4, -0.2) is 35.3 Å². The van der Waals surface area contributed by atoms with Crippen molar-refractivity contribution >= 4 is 17.8 Å². The fraction of sp³-hybridized carbons (Fsp3) is 0.438. The number of rotatable bonds is 5. The summed E-state index contributed by atoms with van der Waals surface area (Å²) < 4.78 is 12.9. The van der Waals surface area contributed by atoms with Crippen molar-refractivity contribution in [2.45, 2.75) is 32.9 Å². The molecule has 0 radical (unpaired) electrons. The van der Waals surface area contributed by atoms with Crippen LogP contribution in [0, 0.1) is 11.7 Å². The Hall–Kier alpha value is -2.44. The molecule has 1 fully saturated rings. The number of carbonyl (C=O) groups is 3. The molecule has 0 aliphatic carbocycles. The number of halogens is 1. The largest absolute Gasteiger partial charge is 0.348 e. The Bertz CT molecular complexity index is 616. The molecule has 2 rings (SSSR count). The first-order valence-electron chi connectivity index (χ1n) is 7.46. The van der Waals surface area contributed by atoms with Crippen molar-refractivity contribution < 1.29 is 18.8 Å². The van der Waals surface area contributed by atoms with E-state index in [4.69, 9.17) is 0 Å². The van der Waals surface area contributed by atoms with Gasteiger partial charge in [0.25, 0.3) is 5.91 Å². The molecule has 124 valence electrons. The number of imide groups is 1. The van der Waals surface area contributed by atoms with Crippen molar-refractivity contribution in [3.05, 3.63) is 35.6 Å². The number of urea groups is 1. The van der Waals surface area contributed by atoms with Gasteiger partial charge in [0, 0.05) is 0 Å². The summed E-state index contributed by atoms with van der Waals surface area (Å²) in [5, 5.41) is 5.26. The van der Waals surface area contributed by atoms with Crippen LogP contribution in [0.4, 0.5) is 9.18 Å². The van der Waals surface area contributed by atoms with Crippen molar-refractivity contribution in [1.82, 2.24) is 15.5 Å². The van der Waals surface area contributed by atoms with Crippen LogP contribution in [0.15, 0.2) is 24.3 Å². The minimum atomic E-state index is -0.593. The van der Waals surface area contributed by atoms with E-state index >= 15 is 0 Å². The zero-order valence-electron chi connectivity index (χ0n) is 13.3. The molecule has 1 aromatic rings. The van der Waals surface area contributed by atoms with E-state index in [1.54, 1.807) is 19.1 Å². The zero-order chi connectivity index (χ0) is 17.1. The minimum absolute atomic E-state index is 0.0438. The van der Waals surface area contributed by atoms with Crippen molar-refractivity contribution in [2.24, 2.45) is 5.92 Å². The van der Waals surface area contributed by atoms with Crippen molar-refractivity contribution in [3.63, 3.8) is 0 Å². The zero-order valence-corrected chi connectivity index (χ0v) is 13.3. The molecule has 1 aliphatic heterocycles. The van der Waals surface area contributed by atoms with Gasteiger partial charge in [0.15, 0.2) is 0 Å². The summed E-state index contributed by atoms with van der Waals surface area (Å²) in [4.78, 5) is 36.9. The smallest absolute Gasteiger partial charge is 0.325 e. The Kier molecular flexibility index (Phi) is 4.98. The van der Waals surface area contributed by atoms with Gasteiger partial charge in [0.05, 0.1) is 6.04 Å². The molecule has 2 atom stereocenters. The molecule has 4 amide bonds. The maximum atomic E-state index is 12.9.